The molecule has 1 heterocycles. The second-order valence-electron chi connectivity index (χ2n) is 6.57. The zero-order chi connectivity index (χ0) is 20.5. The quantitative estimate of drug-likeness (QED) is 0.482. The van der Waals surface area contributed by atoms with Crippen LogP contribution in [0.3, 0.4) is 0 Å². The molecule has 0 aliphatic rings. The van der Waals surface area contributed by atoms with Crippen molar-refractivity contribution in [2.45, 2.75) is 31.6 Å². The Morgan fingerprint density at radius 2 is 1.61 bits per heavy atom. The van der Waals surface area contributed by atoms with E-state index in [1.165, 1.54) is 24.3 Å². The summed E-state index contributed by atoms with van der Waals surface area (Å²) in [6.07, 6.45) is 0. The maximum absolute atomic E-state index is 13.3. The van der Waals surface area contributed by atoms with Gasteiger partial charge in [0.2, 0.25) is 0 Å². The molecule has 0 saturated carbocycles. The first-order valence-corrected chi connectivity index (χ1v) is 10.7. The highest BCUT2D eigenvalue weighted by Crippen LogP contribution is 2.34. The molecule has 28 heavy (non-hydrogen) atoms. The Morgan fingerprint density at radius 1 is 1.00 bits per heavy atom. The summed E-state index contributed by atoms with van der Waals surface area (Å²) in [4.78, 5) is 8.54. The molecule has 0 radical (unpaired) electrons. The minimum Gasteiger partial charge on any atom is -0.339 e. The molecular formula is C20H18BrFN2O3S. The Bertz CT molecular complexity index is 1100. The first-order valence-electron chi connectivity index (χ1n) is 8.52. The van der Waals surface area contributed by atoms with Crippen molar-refractivity contribution >= 4 is 26.0 Å². The number of hydrogen-bond donors (Lipinski definition) is 0. The summed E-state index contributed by atoms with van der Waals surface area (Å²) in [5, 5.41) is 0. The normalized spacial score (nSPS) is 11.6. The fourth-order valence-electron chi connectivity index (χ4n) is 2.51. The molecule has 0 atom stereocenters. The third kappa shape index (κ3) is 4.39. The first kappa shape index (κ1) is 20.4. The zero-order valence-corrected chi connectivity index (χ0v) is 17.9. The average Bonchev–Trinajstić information content (AvgIpc) is 2.63. The van der Waals surface area contributed by atoms with Crippen LogP contribution in [-0.4, -0.2) is 18.4 Å². The van der Waals surface area contributed by atoms with Crippen molar-refractivity contribution in [1.29, 1.82) is 0 Å². The van der Waals surface area contributed by atoms with Crippen LogP contribution in [0.5, 0.6) is 6.01 Å². The van der Waals surface area contributed by atoms with E-state index in [1.54, 1.807) is 24.3 Å². The van der Waals surface area contributed by atoms with Crippen LogP contribution in [0.15, 0.2) is 57.9 Å². The molecule has 0 amide bonds. The second-order valence-corrected chi connectivity index (χ2v) is 8.91. The molecule has 0 fully saturated rings. The van der Waals surface area contributed by atoms with Crippen molar-refractivity contribution in [3.8, 4) is 17.3 Å². The third-order valence-corrected chi connectivity index (χ3v) is 6.01. The predicted molar refractivity (Wildman–Crippen MR) is 108 cm³/mol. The molecule has 0 aliphatic carbocycles. The van der Waals surface area contributed by atoms with Gasteiger partial charge >= 0.3 is 16.1 Å². The Kier molecular flexibility index (Phi) is 5.81. The summed E-state index contributed by atoms with van der Waals surface area (Å²) in [6, 6.07) is 11.7. The van der Waals surface area contributed by atoms with Gasteiger partial charge in [0.15, 0.2) is 0 Å². The van der Waals surface area contributed by atoms with Crippen LogP contribution >= 0.6 is 15.9 Å². The van der Waals surface area contributed by atoms with E-state index in [0.717, 1.165) is 5.56 Å². The fourth-order valence-corrected chi connectivity index (χ4v) is 4.21. The highest BCUT2D eigenvalue weighted by Gasteiger charge is 2.22. The number of aryl methyl sites for hydroxylation is 1. The van der Waals surface area contributed by atoms with Crippen LogP contribution in [-0.2, 0) is 10.1 Å². The third-order valence-electron chi connectivity index (χ3n) is 4.01. The summed E-state index contributed by atoms with van der Waals surface area (Å²) in [5.41, 5.74) is 2.55. The highest BCUT2D eigenvalue weighted by atomic mass is 79.9. The van der Waals surface area contributed by atoms with Crippen LogP contribution in [0.2, 0.25) is 0 Å². The van der Waals surface area contributed by atoms with Gasteiger partial charge in [-0.2, -0.15) is 18.4 Å². The van der Waals surface area contributed by atoms with Gasteiger partial charge in [-0.15, -0.1) is 0 Å². The van der Waals surface area contributed by atoms with E-state index in [9.17, 15) is 12.8 Å². The van der Waals surface area contributed by atoms with Crippen LogP contribution < -0.4 is 4.18 Å². The maximum atomic E-state index is 13.3. The molecule has 0 N–H and O–H groups in total. The molecule has 0 bridgehead atoms. The number of halogens is 2. The number of rotatable bonds is 5. The predicted octanol–water partition coefficient (Wildman–Crippen LogP) is 5.24. The van der Waals surface area contributed by atoms with Crippen molar-refractivity contribution in [2.75, 3.05) is 0 Å². The monoisotopic (exact) mass is 464 g/mol. The second kappa shape index (κ2) is 7.97. The number of nitrogens with zero attached hydrogens (tertiary/aromatic N) is 2. The topological polar surface area (TPSA) is 69.2 Å². The Balaban J connectivity index is 2.08. The van der Waals surface area contributed by atoms with Crippen molar-refractivity contribution in [3.05, 3.63) is 70.1 Å². The fraction of sp³-hybridized carbons (Fsp3) is 0.200. The van der Waals surface area contributed by atoms with Crippen molar-refractivity contribution in [2.24, 2.45) is 0 Å². The van der Waals surface area contributed by atoms with Gasteiger partial charge in [0.05, 0.1) is 15.9 Å². The van der Waals surface area contributed by atoms with E-state index in [0.29, 0.717) is 21.4 Å². The van der Waals surface area contributed by atoms with Gasteiger partial charge in [0.1, 0.15) is 10.7 Å². The molecule has 0 saturated heterocycles. The van der Waals surface area contributed by atoms with Gasteiger partial charge in [0.25, 0.3) is 0 Å². The molecule has 2 aromatic carbocycles. The molecule has 0 spiro atoms. The van der Waals surface area contributed by atoms with Gasteiger partial charge in [-0.05, 0) is 65.2 Å². The smallest absolute Gasteiger partial charge is 0.339 e. The molecule has 3 rings (SSSR count). The van der Waals surface area contributed by atoms with Crippen LogP contribution in [0, 0.1) is 12.7 Å². The van der Waals surface area contributed by atoms with Gasteiger partial charge in [0, 0.05) is 5.56 Å². The van der Waals surface area contributed by atoms with Crippen LogP contribution in [0.1, 0.15) is 31.0 Å². The maximum Gasteiger partial charge on any atom is 0.341 e. The lowest BCUT2D eigenvalue weighted by Crippen LogP contribution is -2.13. The largest absolute Gasteiger partial charge is 0.341 e. The summed E-state index contributed by atoms with van der Waals surface area (Å²) < 4.78 is 44.3. The number of benzene rings is 2. The van der Waals surface area contributed by atoms with Gasteiger partial charge in [-0.3, -0.25) is 0 Å². The SMILES string of the molecule is Cc1ccc(S(=O)(=O)Oc2nc(-c3ccc(F)cc3)c(Br)c(C(C)C)n2)cc1. The molecule has 8 heteroatoms. The lowest BCUT2D eigenvalue weighted by molar-refractivity contribution is 0.461. The lowest BCUT2D eigenvalue weighted by Gasteiger charge is -2.14. The summed E-state index contributed by atoms with van der Waals surface area (Å²) in [7, 11) is -4.09. The van der Waals surface area contributed by atoms with E-state index in [-0.39, 0.29) is 22.6 Å². The minimum atomic E-state index is -4.09. The molecule has 0 aliphatic heterocycles. The lowest BCUT2D eigenvalue weighted by atomic mass is 10.1. The summed E-state index contributed by atoms with van der Waals surface area (Å²) >= 11 is 3.48. The van der Waals surface area contributed by atoms with E-state index >= 15 is 0 Å². The van der Waals surface area contributed by atoms with E-state index in [4.69, 9.17) is 4.18 Å². The van der Waals surface area contributed by atoms with E-state index < -0.39 is 10.1 Å². The van der Waals surface area contributed by atoms with E-state index in [2.05, 4.69) is 25.9 Å². The minimum absolute atomic E-state index is 0.0130. The van der Waals surface area contributed by atoms with Gasteiger partial charge < -0.3 is 4.18 Å². The van der Waals surface area contributed by atoms with Gasteiger partial charge in [-0.25, -0.2) is 4.39 Å². The zero-order valence-electron chi connectivity index (χ0n) is 15.5. The molecule has 5 nitrogen and oxygen atoms in total. The van der Waals surface area contributed by atoms with Crippen molar-refractivity contribution in [1.82, 2.24) is 9.97 Å². The average molecular weight is 465 g/mol. The molecule has 0 unspecified atom stereocenters. The van der Waals surface area contributed by atoms with E-state index in [1.807, 2.05) is 20.8 Å². The molecule has 1 aromatic heterocycles. The highest BCUT2D eigenvalue weighted by molar-refractivity contribution is 9.10. The number of hydrogen-bond acceptors (Lipinski definition) is 5. The van der Waals surface area contributed by atoms with Crippen LogP contribution in [0.4, 0.5) is 4.39 Å². The molecule has 3 aromatic rings. The summed E-state index contributed by atoms with van der Waals surface area (Å²) in [6.45, 7) is 5.69. The molecule has 146 valence electrons. The Hall–Kier alpha value is -2.32. The Labute approximate surface area is 171 Å². The van der Waals surface area contributed by atoms with Crippen LogP contribution in [0.25, 0.3) is 11.3 Å². The Morgan fingerprint density at radius 3 is 2.18 bits per heavy atom. The number of aromatic nitrogens is 2. The first-order chi connectivity index (χ1) is 13.2. The summed E-state index contributed by atoms with van der Waals surface area (Å²) in [5.74, 6) is -0.405. The molecular weight excluding hydrogens is 447 g/mol. The van der Waals surface area contributed by atoms with Crippen molar-refractivity contribution < 1.29 is 17.0 Å². The van der Waals surface area contributed by atoms with Gasteiger partial charge in [-0.1, -0.05) is 31.5 Å². The van der Waals surface area contributed by atoms with Crippen molar-refractivity contribution in [3.63, 3.8) is 0 Å². The standard InChI is InChI=1S/C20H18BrFN2O3S/c1-12(2)18-17(21)19(14-6-8-15(22)9-7-14)24-20(23-18)27-28(25,26)16-10-4-13(3)5-11-16/h4-12H,1-3H3.